The number of ether oxygens (including phenoxy) is 1. The normalized spacial score (nSPS) is 18.3. The van der Waals surface area contributed by atoms with Crippen molar-refractivity contribution in [2.45, 2.75) is 50.0 Å². The molecule has 2 aromatic carbocycles. The smallest absolute Gasteiger partial charge is 0.409 e. The minimum atomic E-state index is -3.89. The molecule has 2 fully saturated rings. The third-order valence-electron chi connectivity index (χ3n) is 7.64. The number of benzene rings is 2. The molecule has 1 aliphatic heterocycles. The predicted octanol–water partition coefficient (Wildman–Crippen LogP) is 4.90. The monoisotopic (exact) mass is 550 g/mol. The first-order valence-electron chi connectivity index (χ1n) is 13.5. The number of pyridine rings is 1. The molecule has 39 heavy (non-hydrogen) atoms. The molecule has 1 aliphatic carbocycles. The number of nitrogens with zero attached hydrogens (tertiary/aromatic N) is 3. The summed E-state index contributed by atoms with van der Waals surface area (Å²) in [5, 5.41) is 0.730. The average molecular weight is 551 g/mol. The van der Waals surface area contributed by atoms with Gasteiger partial charge in [-0.15, -0.1) is 0 Å². The molecule has 1 saturated heterocycles. The first kappa shape index (κ1) is 26.9. The molecule has 1 aromatic heterocycles. The molecule has 1 atom stereocenters. The number of nitrogens with one attached hydrogen (secondary N) is 1. The Kier molecular flexibility index (Phi) is 8.02. The molecule has 5 rings (SSSR count). The fraction of sp³-hybridized carbons (Fsp3) is 0.414. The van der Waals surface area contributed by atoms with Crippen LogP contribution in [0.15, 0.2) is 65.7 Å². The average Bonchev–Trinajstić information content (AvgIpc) is 3.46. The van der Waals surface area contributed by atoms with Crippen molar-refractivity contribution in [1.82, 2.24) is 14.8 Å². The van der Waals surface area contributed by atoms with Gasteiger partial charge in [0.25, 0.3) is 15.9 Å². The summed E-state index contributed by atoms with van der Waals surface area (Å²) < 4.78 is 34.2. The fourth-order valence-corrected chi connectivity index (χ4v) is 6.72. The van der Waals surface area contributed by atoms with Crippen LogP contribution in [-0.2, 0) is 14.8 Å². The highest BCUT2D eigenvalue weighted by atomic mass is 32.2. The summed E-state index contributed by atoms with van der Waals surface area (Å²) in [6, 6.07) is 14.8. The number of carbonyl (C=O) groups is 2. The van der Waals surface area contributed by atoms with Gasteiger partial charge in [-0.05, 0) is 55.7 Å². The number of anilines is 1. The number of piperazine rings is 1. The van der Waals surface area contributed by atoms with E-state index < -0.39 is 10.0 Å². The Bertz CT molecular complexity index is 1430. The first-order chi connectivity index (χ1) is 18.8. The summed E-state index contributed by atoms with van der Waals surface area (Å²) in [7, 11) is -3.89. The second-order valence-corrected chi connectivity index (χ2v) is 12.0. The van der Waals surface area contributed by atoms with Crippen molar-refractivity contribution in [1.29, 1.82) is 0 Å². The largest absolute Gasteiger partial charge is 0.449 e. The highest BCUT2D eigenvalue weighted by Crippen LogP contribution is 2.27. The van der Waals surface area contributed by atoms with E-state index in [0.29, 0.717) is 48.9 Å². The molecule has 2 amide bonds. The lowest BCUT2D eigenvalue weighted by Crippen LogP contribution is -2.55. The predicted molar refractivity (Wildman–Crippen MR) is 149 cm³/mol. The summed E-state index contributed by atoms with van der Waals surface area (Å²) in [5.41, 5.74) is 1.19. The van der Waals surface area contributed by atoms with Crippen LogP contribution in [0.3, 0.4) is 0 Å². The molecular weight excluding hydrogens is 516 g/mol. The van der Waals surface area contributed by atoms with Gasteiger partial charge in [0.05, 0.1) is 12.1 Å². The zero-order chi connectivity index (χ0) is 27.4. The van der Waals surface area contributed by atoms with Gasteiger partial charge in [0.1, 0.15) is 4.90 Å². The van der Waals surface area contributed by atoms with Crippen molar-refractivity contribution in [2.75, 3.05) is 31.0 Å². The number of fused-ring (bicyclic) bond motifs is 1. The molecule has 0 bridgehead atoms. The van der Waals surface area contributed by atoms with E-state index in [1.54, 1.807) is 52.4 Å². The van der Waals surface area contributed by atoms with Crippen molar-refractivity contribution in [3.05, 3.63) is 66.4 Å². The summed E-state index contributed by atoms with van der Waals surface area (Å²) in [4.78, 5) is 33.5. The van der Waals surface area contributed by atoms with E-state index in [0.717, 1.165) is 11.8 Å². The molecule has 1 saturated carbocycles. The number of para-hydroxylation sites is 1. The highest BCUT2D eigenvalue weighted by Gasteiger charge is 2.31. The standard InChI is InChI=1S/C29H34N4O5S/c1-21-20-32(29(35)38-19-15-22-6-2-3-7-22)17-18-33(21)28(34)24-11-13-25(14-12-24)31-39(36,37)26-10-4-8-23-9-5-16-30-27(23)26/h4-5,8-14,16,21-22,31H,2-3,6-7,15,17-20H2,1H3/t21-/m1/s1. The number of sulfonamides is 1. The van der Waals surface area contributed by atoms with E-state index in [4.69, 9.17) is 4.74 Å². The summed E-state index contributed by atoms with van der Waals surface area (Å²) >= 11 is 0. The highest BCUT2D eigenvalue weighted by molar-refractivity contribution is 7.93. The van der Waals surface area contributed by atoms with E-state index in [1.165, 1.54) is 31.7 Å². The van der Waals surface area contributed by atoms with Crippen molar-refractivity contribution in [2.24, 2.45) is 5.92 Å². The minimum absolute atomic E-state index is 0.0875. The third kappa shape index (κ3) is 6.16. The van der Waals surface area contributed by atoms with Crippen molar-refractivity contribution in [3.63, 3.8) is 0 Å². The van der Waals surface area contributed by atoms with Gasteiger partial charge in [-0.1, -0.05) is 43.9 Å². The Morgan fingerprint density at radius 3 is 2.51 bits per heavy atom. The van der Waals surface area contributed by atoms with Crippen molar-refractivity contribution in [3.8, 4) is 0 Å². The summed E-state index contributed by atoms with van der Waals surface area (Å²) in [5.74, 6) is 0.507. The van der Waals surface area contributed by atoms with Crippen molar-refractivity contribution < 1.29 is 22.7 Å². The number of carbonyl (C=O) groups excluding carboxylic acids is 2. The molecule has 2 aliphatic rings. The van der Waals surface area contributed by atoms with Gasteiger partial charge in [-0.25, -0.2) is 13.2 Å². The van der Waals surface area contributed by atoms with Gasteiger partial charge in [-0.3, -0.25) is 14.5 Å². The second kappa shape index (κ2) is 11.6. The minimum Gasteiger partial charge on any atom is -0.449 e. The number of aromatic nitrogens is 1. The zero-order valence-corrected chi connectivity index (χ0v) is 22.9. The Morgan fingerprint density at radius 2 is 1.77 bits per heavy atom. The lowest BCUT2D eigenvalue weighted by atomic mass is 10.1. The summed E-state index contributed by atoms with van der Waals surface area (Å²) in [6.07, 6.45) is 7.16. The molecule has 0 radical (unpaired) electrons. The number of amides is 2. The van der Waals surface area contributed by atoms with Crippen LogP contribution in [0.2, 0.25) is 0 Å². The van der Waals surface area contributed by atoms with Gasteiger partial charge in [0.2, 0.25) is 0 Å². The zero-order valence-electron chi connectivity index (χ0n) is 22.1. The molecule has 0 unspecified atom stereocenters. The molecule has 10 heteroatoms. The number of hydrogen-bond donors (Lipinski definition) is 1. The van der Waals surface area contributed by atoms with E-state index in [1.807, 2.05) is 19.1 Å². The lowest BCUT2D eigenvalue weighted by Gasteiger charge is -2.39. The quantitative estimate of drug-likeness (QED) is 0.448. The molecule has 3 aromatic rings. The Balaban J connectivity index is 1.17. The van der Waals surface area contributed by atoms with Crippen LogP contribution in [0, 0.1) is 5.92 Å². The maximum absolute atomic E-state index is 13.2. The van der Waals surface area contributed by atoms with E-state index in [-0.39, 0.29) is 22.9 Å². The second-order valence-electron chi connectivity index (χ2n) is 10.4. The van der Waals surface area contributed by atoms with Crippen LogP contribution in [0.4, 0.5) is 10.5 Å². The molecule has 1 N–H and O–H groups in total. The van der Waals surface area contributed by atoms with Crippen molar-refractivity contribution >= 4 is 38.6 Å². The van der Waals surface area contributed by atoms with E-state index in [9.17, 15) is 18.0 Å². The Labute approximate surface area is 229 Å². The van der Waals surface area contributed by atoms with Crippen LogP contribution in [0.5, 0.6) is 0 Å². The van der Waals surface area contributed by atoms with Gasteiger partial charge in [0.15, 0.2) is 0 Å². The SMILES string of the molecule is C[C@@H]1CN(C(=O)OCCC2CCCC2)CCN1C(=O)c1ccc(NS(=O)(=O)c2cccc3cccnc23)cc1. The molecule has 9 nitrogen and oxygen atoms in total. The van der Waals surface area contributed by atoms with Crippen LogP contribution in [0.1, 0.15) is 49.4 Å². The third-order valence-corrected chi connectivity index (χ3v) is 9.06. The van der Waals surface area contributed by atoms with Crippen LogP contribution in [0.25, 0.3) is 10.9 Å². The van der Waals surface area contributed by atoms with Crippen LogP contribution >= 0.6 is 0 Å². The number of hydrogen-bond acceptors (Lipinski definition) is 6. The number of rotatable bonds is 7. The van der Waals surface area contributed by atoms with Gasteiger partial charge in [0, 0.05) is 48.5 Å². The topological polar surface area (TPSA) is 109 Å². The van der Waals surface area contributed by atoms with Gasteiger partial charge < -0.3 is 14.5 Å². The Morgan fingerprint density at radius 1 is 1.03 bits per heavy atom. The summed E-state index contributed by atoms with van der Waals surface area (Å²) in [6.45, 7) is 3.58. The van der Waals surface area contributed by atoms with Crippen LogP contribution < -0.4 is 4.72 Å². The molecule has 0 spiro atoms. The lowest BCUT2D eigenvalue weighted by molar-refractivity contribution is 0.0403. The fourth-order valence-electron chi connectivity index (χ4n) is 5.48. The molecule has 2 heterocycles. The van der Waals surface area contributed by atoms with Gasteiger partial charge >= 0.3 is 6.09 Å². The molecule has 206 valence electrons. The maximum Gasteiger partial charge on any atom is 0.409 e. The maximum atomic E-state index is 13.2. The van der Waals surface area contributed by atoms with Gasteiger partial charge in [-0.2, -0.15) is 0 Å². The first-order valence-corrected chi connectivity index (χ1v) is 15.0. The Hall–Kier alpha value is -3.66. The van der Waals surface area contributed by atoms with E-state index in [2.05, 4.69) is 9.71 Å². The molecular formula is C29H34N4O5S. The van der Waals surface area contributed by atoms with E-state index >= 15 is 0 Å². The van der Waals surface area contributed by atoms with Crippen LogP contribution in [-0.4, -0.2) is 67.5 Å².